The molecule has 3 amide bonds. The van der Waals surface area contributed by atoms with Crippen molar-refractivity contribution in [2.45, 2.75) is 25.4 Å². The van der Waals surface area contributed by atoms with Crippen LogP contribution in [0.5, 0.6) is 0 Å². The van der Waals surface area contributed by atoms with Gasteiger partial charge in [-0.25, -0.2) is 19.2 Å². The number of fused-ring (bicyclic) bond motifs is 1. The van der Waals surface area contributed by atoms with Crippen LogP contribution in [0.15, 0.2) is 47.7 Å². The van der Waals surface area contributed by atoms with Crippen molar-refractivity contribution in [2.24, 2.45) is 0 Å². The lowest BCUT2D eigenvalue weighted by Crippen LogP contribution is -2.44. The summed E-state index contributed by atoms with van der Waals surface area (Å²) in [5.41, 5.74) is 0.348. The first-order chi connectivity index (χ1) is 17.2. The summed E-state index contributed by atoms with van der Waals surface area (Å²) in [5, 5.41) is 4.90. The average molecular weight is 500 g/mol. The lowest BCUT2D eigenvalue weighted by Gasteiger charge is -2.17. The lowest BCUT2D eigenvalue weighted by atomic mass is 10.1. The molecule has 0 fully saturated rings. The zero-order chi connectivity index (χ0) is 26.2. The third-order valence-electron chi connectivity index (χ3n) is 5.09. The molecule has 2 heterocycles. The topological polar surface area (TPSA) is 151 Å². The average Bonchev–Trinajstić information content (AvgIpc) is 3.24. The van der Waals surface area contributed by atoms with Crippen molar-refractivity contribution in [3.63, 3.8) is 0 Å². The first-order valence-electron chi connectivity index (χ1n) is 10.9. The number of ether oxygens (including phenoxy) is 1. The Balaban J connectivity index is 1.73. The van der Waals surface area contributed by atoms with Gasteiger partial charge in [0.05, 0.1) is 37.2 Å². The molecule has 3 aromatic rings. The summed E-state index contributed by atoms with van der Waals surface area (Å²) >= 11 is 0. The van der Waals surface area contributed by atoms with Crippen LogP contribution in [0.25, 0.3) is 11.0 Å². The van der Waals surface area contributed by atoms with Gasteiger partial charge in [0, 0.05) is 20.2 Å². The first kappa shape index (κ1) is 26.1. The van der Waals surface area contributed by atoms with Gasteiger partial charge < -0.3 is 25.3 Å². The summed E-state index contributed by atoms with van der Waals surface area (Å²) in [6.07, 6.45) is 5.02. The lowest BCUT2D eigenvalue weighted by molar-refractivity contribution is -0.123. The largest absolute Gasteiger partial charge is 0.453 e. The number of methoxy groups -OCH3 is 1. The van der Waals surface area contributed by atoms with Gasteiger partial charge in [-0.15, -0.1) is 0 Å². The molecule has 0 aliphatic carbocycles. The predicted octanol–water partition coefficient (Wildman–Crippen LogP) is 1.39. The highest BCUT2D eigenvalue weighted by Gasteiger charge is 2.22. The summed E-state index contributed by atoms with van der Waals surface area (Å²) in [6, 6.07) is 3.06. The normalized spacial score (nSPS) is 11.9. The molecule has 3 N–H and O–H groups in total. The van der Waals surface area contributed by atoms with Crippen LogP contribution in [0, 0.1) is 5.82 Å². The Hall–Kier alpha value is -4.55. The highest BCUT2D eigenvalue weighted by Crippen LogP contribution is 2.13. The van der Waals surface area contributed by atoms with E-state index in [1.807, 2.05) is 0 Å². The molecule has 13 heteroatoms. The quantitative estimate of drug-likeness (QED) is 0.376. The Bertz CT molecular complexity index is 1350. The second-order valence-corrected chi connectivity index (χ2v) is 7.98. The van der Waals surface area contributed by atoms with Gasteiger partial charge >= 0.3 is 6.09 Å². The van der Waals surface area contributed by atoms with Gasteiger partial charge in [-0.05, 0) is 31.1 Å². The molecule has 0 spiro atoms. The molecule has 0 aliphatic rings. The second-order valence-electron chi connectivity index (χ2n) is 7.98. The van der Waals surface area contributed by atoms with Gasteiger partial charge in [0.2, 0.25) is 11.8 Å². The number of hydrogen-bond acceptors (Lipinski definition) is 7. The highest BCUT2D eigenvalue weighted by molar-refractivity contribution is 5.96. The fraction of sp³-hybridized carbons (Fsp3) is 0.304. The molecule has 0 saturated heterocycles. The Morgan fingerprint density at radius 1 is 1.31 bits per heavy atom. The molecule has 0 unspecified atom stereocenters. The SMILES string of the molecule is COC(=O)N[C@@H](CC/C=C/C(=O)N(C)C)C(=O)Nc1cncn(Cc2nc3cc(F)ccc3[nH]2)c1=O. The number of aromatic nitrogens is 4. The van der Waals surface area contributed by atoms with Crippen molar-refractivity contribution in [3.05, 3.63) is 64.9 Å². The number of imidazole rings is 1. The fourth-order valence-electron chi connectivity index (χ4n) is 3.20. The minimum atomic E-state index is -1.05. The predicted molar refractivity (Wildman–Crippen MR) is 129 cm³/mol. The van der Waals surface area contributed by atoms with Gasteiger partial charge in [0.1, 0.15) is 23.4 Å². The van der Waals surface area contributed by atoms with Crippen LogP contribution in [0.3, 0.4) is 0 Å². The number of carbonyl (C=O) groups is 3. The van der Waals surface area contributed by atoms with Crippen molar-refractivity contribution >= 4 is 34.6 Å². The Labute approximate surface area is 205 Å². The molecule has 1 atom stereocenters. The third kappa shape index (κ3) is 6.74. The van der Waals surface area contributed by atoms with E-state index in [9.17, 15) is 23.6 Å². The maximum atomic E-state index is 13.4. The van der Waals surface area contributed by atoms with Gasteiger partial charge in [-0.3, -0.25) is 19.0 Å². The number of alkyl carbamates (subject to hydrolysis) is 1. The van der Waals surface area contributed by atoms with E-state index in [0.29, 0.717) is 23.3 Å². The molecule has 0 saturated carbocycles. The molecular formula is C23H26FN7O5. The van der Waals surface area contributed by atoms with Gasteiger partial charge in [-0.1, -0.05) is 6.08 Å². The molecule has 190 valence electrons. The second kappa shape index (κ2) is 11.7. The first-order valence-corrected chi connectivity index (χ1v) is 10.9. The molecule has 3 rings (SSSR count). The minimum Gasteiger partial charge on any atom is -0.453 e. The molecular weight excluding hydrogens is 473 g/mol. The van der Waals surface area contributed by atoms with Crippen LogP contribution < -0.4 is 16.2 Å². The zero-order valence-corrected chi connectivity index (χ0v) is 19.9. The Morgan fingerprint density at radius 2 is 2.08 bits per heavy atom. The van der Waals surface area contributed by atoms with E-state index in [-0.39, 0.29) is 24.6 Å². The summed E-state index contributed by atoms with van der Waals surface area (Å²) in [5.74, 6) is -0.919. The molecule has 0 bridgehead atoms. The number of anilines is 1. The van der Waals surface area contributed by atoms with E-state index in [0.717, 1.165) is 7.11 Å². The van der Waals surface area contributed by atoms with Gasteiger partial charge in [0.25, 0.3) is 5.56 Å². The minimum absolute atomic E-state index is 0.000377. The number of halogens is 1. The fourth-order valence-corrected chi connectivity index (χ4v) is 3.20. The molecule has 12 nitrogen and oxygen atoms in total. The number of amides is 3. The summed E-state index contributed by atoms with van der Waals surface area (Å²) in [6.45, 7) is 0.000377. The smallest absolute Gasteiger partial charge is 0.407 e. The third-order valence-corrected chi connectivity index (χ3v) is 5.09. The number of likely N-dealkylation sites (N-methyl/N-ethyl adjacent to an activating group) is 1. The van der Waals surface area contributed by atoms with Crippen LogP contribution in [0.2, 0.25) is 0 Å². The number of allylic oxidation sites excluding steroid dienone is 1. The standard InChI is InChI=1S/C23H26FN7O5/c1-30(2)20(32)7-5-4-6-16(29-23(35)36-3)21(33)28-18-11-25-13-31(22(18)34)12-19-26-15-9-8-14(24)10-17(15)27-19/h5,7-11,13,16H,4,6,12H2,1-3H3,(H,26,27)(H,28,33)(H,29,35)/b7-5+/t16-/m0/s1. The molecule has 0 aliphatic heterocycles. The molecule has 36 heavy (non-hydrogen) atoms. The zero-order valence-electron chi connectivity index (χ0n) is 19.9. The number of H-pyrrole nitrogens is 1. The van der Waals surface area contributed by atoms with Gasteiger partial charge in [-0.2, -0.15) is 0 Å². The number of hydrogen-bond donors (Lipinski definition) is 3. The van der Waals surface area contributed by atoms with E-state index in [4.69, 9.17) is 0 Å². The Morgan fingerprint density at radius 3 is 2.81 bits per heavy atom. The van der Waals surface area contributed by atoms with Crippen LogP contribution >= 0.6 is 0 Å². The summed E-state index contributed by atoms with van der Waals surface area (Å²) < 4.78 is 19.2. The maximum absolute atomic E-state index is 13.4. The van der Waals surface area contributed by atoms with Crippen molar-refractivity contribution in [1.82, 2.24) is 29.7 Å². The summed E-state index contributed by atoms with van der Waals surface area (Å²) in [4.78, 5) is 61.8. The van der Waals surface area contributed by atoms with Gasteiger partial charge in [0.15, 0.2) is 0 Å². The molecule has 2 aromatic heterocycles. The van der Waals surface area contributed by atoms with E-state index < -0.39 is 29.4 Å². The van der Waals surface area contributed by atoms with Crippen LogP contribution in [-0.4, -0.2) is 69.6 Å². The molecule has 0 radical (unpaired) electrons. The van der Waals surface area contributed by atoms with Crippen LogP contribution in [0.4, 0.5) is 14.9 Å². The number of nitrogens with one attached hydrogen (secondary N) is 3. The number of aromatic amines is 1. The van der Waals surface area contributed by atoms with Crippen molar-refractivity contribution in [2.75, 3.05) is 26.5 Å². The van der Waals surface area contributed by atoms with E-state index in [2.05, 4.69) is 30.3 Å². The number of nitrogens with zero attached hydrogens (tertiary/aromatic N) is 4. The monoisotopic (exact) mass is 499 g/mol. The van der Waals surface area contributed by atoms with Crippen LogP contribution in [0.1, 0.15) is 18.7 Å². The Kier molecular flexibility index (Phi) is 8.49. The van der Waals surface area contributed by atoms with Crippen LogP contribution in [-0.2, 0) is 20.9 Å². The summed E-state index contributed by atoms with van der Waals surface area (Å²) in [7, 11) is 4.37. The van der Waals surface area contributed by atoms with E-state index in [1.165, 1.54) is 40.2 Å². The maximum Gasteiger partial charge on any atom is 0.407 e. The highest BCUT2D eigenvalue weighted by atomic mass is 19.1. The van der Waals surface area contributed by atoms with Crippen molar-refractivity contribution in [1.29, 1.82) is 0 Å². The molecule has 1 aromatic carbocycles. The van der Waals surface area contributed by atoms with E-state index >= 15 is 0 Å². The van der Waals surface area contributed by atoms with Crippen molar-refractivity contribution < 1.29 is 23.5 Å². The van der Waals surface area contributed by atoms with E-state index in [1.54, 1.807) is 26.2 Å². The van der Waals surface area contributed by atoms with Crippen molar-refractivity contribution in [3.8, 4) is 0 Å². The number of benzene rings is 1. The number of carbonyl (C=O) groups excluding carboxylic acids is 3. The number of rotatable bonds is 9.